The molecule has 152 valence electrons. The van der Waals surface area contributed by atoms with Crippen LogP contribution in [0.1, 0.15) is 22.3 Å². The van der Waals surface area contributed by atoms with Crippen LogP contribution in [0.2, 0.25) is 0 Å². The van der Waals surface area contributed by atoms with Crippen LogP contribution in [0.25, 0.3) is 0 Å². The van der Waals surface area contributed by atoms with Crippen LogP contribution in [0.15, 0.2) is 78.9 Å². The summed E-state index contributed by atoms with van der Waals surface area (Å²) in [4.78, 5) is 2.16. The SMILES string of the molecule is Cc1ccc(CN(Cc2ccc(F)cc2)C[C@H](O)COCc2ccccc2)cc1. The molecule has 0 amide bonds. The second-order valence-corrected chi connectivity index (χ2v) is 7.44. The van der Waals surface area contributed by atoms with E-state index in [4.69, 9.17) is 4.74 Å². The fourth-order valence-electron chi connectivity index (χ4n) is 3.22. The standard InChI is InChI=1S/C25H28FNO2/c1-20-7-9-21(10-8-20)15-27(16-22-11-13-24(26)14-12-22)17-25(28)19-29-18-23-5-3-2-4-6-23/h2-14,25,28H,15-19H2,1H3/t25-/m0/s1. The van der Waals surface area contributed by atoms with Crippen molar-refractivity contribution in [2.24, 2.45) is 0 Å². The first-order valence-electron chi connectivity index (χ1n) is 9.90. The minimum absolute atomic E-state index is 0.242. The van der Waals surface area contributed by atoms with Crippen molar-refractivity contribution in [3.8, 4) is 0 Å². The van der Waals surface area contributed by atoms with Gasteiger partial charge < -0.3 is 9.84 Å². The lowest BCUT2D eigenvalue weighted by molar-refractivity contribution is 0.00712. The predicted octanol–water partition coefficient (Wildman–Crippen LogP) is 4.71. The topological polar surface area (TPSA) is 32.7 Å². The molecule has 0 unspecified atom stereocenters. The normalized spacial score (nSPS) is 12.3. The predicted molar refractivity (Wildman–Crippen MR) is 114 cm³/mol. The van der Waals surface area contributed by atoms with Crippen LogP contribution in [-0.4, -0.2) is 29.3 Å². The van der Waals surface area contributed by atoms with E-state index < -0.39 is 6.10 Å². The molecule has 0 radical (unpaired) electrons. The highest BCUT2D eigenvalue weighted by Crippen LogP contribution is 2.13. The summed E-state index contributed by atoms with van der Waals surface area (Å²) in [5.74, 6) is -0.242. The van der Waals surface area contributed by atoms with Gasteiger partial charge in [-0.1, -0.05) is 72.3 Å². The molecule has 1 N–H and O–H groups in total. The van der Waals surface area contributed by atoms with Crippen molar-refractivity contribution in [2.75, 3.05) is 13.2 Å². The molecule has 4 heteroatoms. The molecule has 0 aliphatic rings. The molecular formula is C25H28FNO2. The first-order chi connectivity index (χ1) is 14.1. The van der Waals surface area contributed by atoms with Crippen molar-refractivity contribution in [1.29, 1.82) is 0 Å². The third-order valence-corrected chi connectivity index (χ3v) is 4.74. The molecule has 0 aromatic heterocycles. The summed E-state index contributed by atoms with van der Waals surface area (Å²) in [6, 6.07) is 24.8. The molecule has 3 aromatic carbocycles. The fourth-order valence-corrected chi connectivity index (χ4v) is 3.22. The molecule has 0 bridgehead atoms. The monoisotopic (exact) mass is 393 g/mol. The van der Waals surface area contributed by atoms with Gasteiger partial charge in [0.05, 0.1) is 19.3 Å². The highest BCUT2D eigenvalue weighted by molar-refractivity contribution is 5.22. The van der Waals surface area contributed by atoms with Gasteiger partial charge in [0, 0.05) is 19.6 Å². The minimum atomic E-state index is -0.607. The molecule has 0 saturated carbocycles. The van der Waals surface area contributed by atoms with Crippen molar-refractivity contribution < 1.29 is 14.2 Å². The van der Waals surface area contributed by atoms with Gasteiger partial charge in [-0.2, -0.15) is 0 Å². The van der Waals surface area contributed by atoms with Gasteiger partial charge in [0.25, 0.3) is 0 Å². The molecule has 3 nitrogen and oxygen atoms in total. The number of benzene rings is 3. The number of rotatable bonds is 10. The molecule has 0 heterocycles. The number of aliphatic hydroxyl groups excluding tert-OH is 1. The number of nitrogens with zero attached hydrogens (tertiary/aromatic N) is 1. The number of hydrogen-bond donors (Lipinski definition) is 1. The Morgan fingerprint density at radius 3 is 2.03 bits per heavy atom. The van der Waals surface area contributed by atoms with E-state index in [9.17, 15) is 9.50 Å². The second-order valence-electron chi connectivity index (χ2n) is 7.44. The third-order valence-electron chi connectivity index (χ3n) is 4.74. The molecule has 1 atom stereocenters. The minimum Gasteiger partial charge on any atom is -0.389 e. The number of ether oxygens (including phenoxy) is 1. The summed E-state index contributed by atoms with van der Waals surface area (Å²) >= 11 is 0. The van der Waals surface area contributed by atoms with Gasteiger partial charge in [-0.15, -0.1) is 0 Å². The van der Waals surface area contributed by atoms with E-state index in [1.165, 1.54) is 23.3 Å². The Kier molecular flexibility index (Phi) is 7.94. The van der Waals surface area contributed by atoms with E-state index in [2.05, 4.69) is 36.1 Å². The van der Waals surface area contributed by atoms with Gasteiger partial charge in [0.15, 0.2) is 0 Å². The Bertz CT molecular complexity index is 803. The summed E-state index contributed by atoms with van der Waals surface area (Å²) in [5, 5.41) is 10.5. The summed E-state index contributed by atoms with van der Waals surface area (Å²) in [6.07, 6.45) is -0.607. The Labute approximate surface area is 172 Å². The average Bonchev–Trinajstić information content (AvgIpc) is 2.72. The molecule has 0 aliphatic carbocycles. The smallest absolute Gasteiger partial charge is 0.123 e. The van der Waals surface area contributed by atoms with Crippen molar-refractivity contribution in [1.82, 2.24) is 4.90 Å². The Morgan fingerprint density at radius 1 is 0.828 bits per heavy atom. The molecule has 3 aromatic rings. The lowest BCUT2D eigenvalue weighted by atomic mass is 10.1. The highest BCUT2D eigenvalue weighted by Gasteiger charge is 2.14. The van der Waals surface area contributed by atoms with E-state index >= 15 is 0 Å². The molecule has 0 spiro atoms. The maximum absolute atomic E-state index is 13.2. The highest BCUT2D eigenvalue weighted by atomic mass is 19.1. The average molecular weight is 394 g/mol. The second kappa shape index (κ2) is 10.9. The number of aryl methyl sites for hydroxylation is 1. The Balaban J connectivity index is 1.58. The first-order valence-corrected chi connectivity index (χ1v) is 9.90. The number of aliphatic hydroxyl groups is 1. The Hall–Kier alpha value is -2.53. The quantitative estimate of drug-likeness (QED) is 0.541. The van der Waals surface area contributed by atoms with Gasteiger partial charge in [-0.25, -0.2) is 4.39 Å². The van der Waals surface area contributed by atoms with Gasteiger partial charge in [-0.3, -0.25) is 4.90 Å². The summed E-state index contributed by atoms with van der Waals surface area (Å²) in [5.41, 5.74) is 4.49. The first kappa shape index (κ1) is 21.2. The van der Waals surface area contributed by atoms with Gasteiger partial charge in [0.1, 0.15) is 5.82 Å². The molecule has 29 heavy (non-hydrogen) atoms. The lowest BCUT2D eigenvalue weighted by Gasteiger charge is -2.25. The van der Waals surface area contributed by atoms with Crippen molar-refractivity contribution >= 4 is 0 Å². The number of hydrogen-bond acceptors (Lipinski definition) is 3. The van der Waals surface area contributed by atoms with Crippen LogP contribution in [-0.2, 0) is 24.4 Å². The zero-order valence-electron chi connectivity index (χ0n) is 16.8. The van der Waals surface area contributed by atoms with Crippen molar-refractivity contribution in [3.63, 3.8) is 0 Å². The maximum atomic E-state index is 13.2. The molecule has 0 saturated heterocycles. The Morgan fingerprint density at radius 2 is 1.41 bits per heavy atom. The van der Waals surface area contributed by atoms with E-state index in [0.29, 0.717) is 26.2 Å². The van der Waals surface area contributed by atoms with Crippen LogP contribution < -0.4 is 0 Å². The zero-order chi connectivity index (χ0) is 20.5. The van der Waals surface area contributed by atoms with Crippen LogP contribution in [0.5, 0.6) is 0 Å². The number of halogens is 1. The van der Waals surface area contributed by atoms with E-state index in [-0.39, 0.29) is 12.4 Å². The van der Waals surface area contributed by atoms with Crippen LogP contribution in [0.4, 0.5) is 4.39 Å². The summed E-state index contributed by atoms with van der Waals surface area (Å²) in [6.45, 7) is 4.61. The molecule has 0 aliphatic heterocycles. The summed E-state index contributed by atoms with van der Waals surface area (Å²) < 4.78 is 18.9. The van der Waals surface area contributed by atoms with Gasteiger partial charge in [-0.05, 0) is 35.7 Å². The lowest BCUT2D eigenvalue weighted by Crippen LogP contribution is -2.34. The van der Waals surface area contributed by atoms with E-state index in [1.54, 1.807) is 12.1 Å². The maximum Gasteiger partial charge on any atom is 0.123 e. The van der Waals surface area contributed by atoms with Crippen LogP contribution in [0.3, 0.4) is 0 Å². The van der Waals surface area contributed by atoms with Gasteiger partial charge in [0.2, 0.25) is 0 Å². The molecule has 0 fully saturated rings. The van der Waals surface area contributed by atoms with Crippen molar-refractivity contribution in [3.05, 3.63) is 107 Å². The van der Waals surface area contributed by atoms with Crippen LogP contribution >= 0.6 is 0 Å². The summed E-state index contributed by atoms with van der Waals surface area (Å²) in [7, 11) is 0. The van der Waals surface area contributed by atoms with Gasteiger partial charge >= 0.3 is 0 Å². The largest absolute Gasteiger partial charge is 0.389 e. The van der Waals surface area contributed by atoms with Crippen molar-refractivity contribution in [2.45, 2.75) is 32.7 Å². The van der Waals surface area contributed by atoms with Crippen LogP contribution in [0, 0.1) is 12.7 Å². The zero-order valence-corrected chi connectivity index (χ0v) is 16.8. The van der Waals surface area contributed by atoms with E-state index in [0.717, 1.165) is 11.1 Å². The molecular weight excluding hydrogens is 365 g/mol. The third kappa shape index (κ3) is 7.42. The van der Waals surface area contributed by atoms with E-state index in [1.807, 2.05) is 30.3 Å². The molecule has 3 rings (SSSR count). The fraction of sp³-hybridized carbons (Fsp3) is 0.280.